The first kappa shape index (κ1) is 6.83. The molecule has 0 rings (SSSR count). The highest BCUT2D eigenvalue weighted by Gasteiger charge is 1.95. The monoisotopic (exact) mass is 119 g/mol. The molecule has 42 valence electrons. The van der Waals surface area contributed by atoms with Gasteiger partial charge in [0.25, 0.3) is 0 Å². The van der Waals surface area contributed by atoms with Crippen molar-refractivity contribution in [1.29, 1.82) is 0 Å². The standard InChI is InChI=1S/C5H10ClN/c1-4(6)5(2)7-3/h4,7H,2H2,1,3H3. The Balaban J connectivity index is 3.35. The van der Waals surface area contributed by atoms with Gasteiger partial charge in [-0.1, -0.05) is 6.58 Å². The van der Waals surface area contributed by atoms with Crippen LogP contribution in [0.5, 0.6) is 0 Å². The number of hydrogen-bond acceptors (Lipinski definition) is 1. The van der Waals surface area contributed by atoms with E-state index >= 15 is 0 Å². The van der Waals surface area contributed by atoms with Crippen molar-refractivity contribution in [3.05, 3.63) is 12.3 Å². The number of hydrogen-bond donors (Lipinski definition) is 1. The van der Waals surface area contributed by atoms with Gasteiger partial charge in [-0.25, -0.2) is 0 Å². The minimum Gasteiger partial charge on any atom is -0.391 e. The van der Waals surface area contributed by atoms with Gasteiger partial charge in [-0.2, -0.15) is 0 Å². The van der Waals surface area contributed by atoms with Crippen molar-refractivity contribution >= 4 is 11.6 Å². The van der Waals surface area contributed by atoms with Crippen molar-refractivity contribution in [2.75, 3.05) is 7.05 Å². The fraction of sp³-hybridized carbons (Fsp3) is 0.600. The second-order valence-corrected chi connectivity index (χ2v) is 2.05. The lowest BCUT2D eigenvalue weighted by Gasteiger charge is -2.03. The van der Waals surface area contributed by atoms with Gasteiger partial charge in [-0.3, -0.25) is 0 Å². The van der Waals surface area contributed by atoms with Crippen LogP contribution in [0.1, 0.15) is 6.92 Å². The fourth-order valence-electron chi connectivity index (χ4n) is 0.199. The highest BCUT2D eigenvalue weighted by atomic mass is 35.5. The molecule has 0 saturated heterocycles. The Bertz CT molecular complexity index is 68.5. The first-order valence-electron chi connectivity index (χ1n) is 2.19. The third-order valence-electron chi connectivity index (χ3n) is 0.801. The summed E-state index contributed by atoms with van der Waals surface area (Å²) in [4.78, 5) is 0. The lowest BCUT2D eigenvalue weighted by molar-refractivity contribution is 0.914. The maximum Gasteiger partial charge on any atom is 0.0697 e. The molecule has 1 unspecified atom stereocenters. The third-order valence-corrected chi connectivity index (χ3v) is 1.06. The zero-order valence-electron chi connectivity index (χ0n) is 4.66. The second-order valence-electron chi connectivity index (χ2n) is 1.39. The number of nitrogens with one attached hydrogen (secondary N) is 1. The molecule has 0 amide bonds. The second kappa shape index (κ2) is 2.92. The smallest absolute Gasteiger partial charge is 0.0697 e. The Morgan fingerprint density at radius 2 is 2.29 bits per heavy atom. The van der Waals surface area contributed by atoms with E-state index in [0.29, 0.717) is 0 Å². The van der Waals surface area contributed by atoms with Gasteiger partial charge in [-0.15, -0.1) is 11.6 Å². The van der Waals surface area contributed by atoms with Crippen molar-refractivity contribution in [3.8, 4) is 0 Å². The Morgan fingerprint density at radius 1 is 1.86 bits per heavy atom. The summed E-state index contributed by atoms with van der Waals surface area (Å²) in [7, 11) is 1.81. The summed E-state index contributed by atoms with van der Waals surface area (Å²) >= 11 is 5.57. The van der Waals surface area contributed by atoms with Gasteiger partial charge in [0.15, 0.2) is 0 Å². The minimum absolute atomic E-state index is 0.0324. The summed E-state index contributed by atoms with van der Waals surface area (Å²) in [6.45, 7) is 5.51. The van der Waals surface area contributed by atoms with Gasteiger partial charge in [0.1, 0.15) is 0 Å². The maximum atomic E-state index is 5.57. The molecule has 0 spiro atoms. The van der Waals surface area contributed by atoms with Crippen LogP contribution in [0.15, 0.2) is 12.3 Å². The summed E-state index contributed by atoms with van der Waals surface area (Å²) in [5, 5.41) is 2.87. The van der Waals surface area contributed by atoms with Crippen molar-refractivity contribution in [3.63, 3.8) is 0 Å². The number of rotatable bonds is 2. The van der Waals surface area contributed by atoms with E-state index in [0.717, 1.165) is 5.70 Å². The van der Waals surface area contributed by atoms with Gasteiger partial charge in [-0.05, 0) is 6.92 Å². The topological polar surface area (TPSA) is 12.0 Å². The first-order chi connectivity index (χ1) is 3.18. The van der Waals surface area contributed by atoms with Crippen LogP contribution in [0.25, 0.3) is 0 Å². The molecule has 1 N–H and O–H groups in total. The summed E-state index contributed by atoms with van der Waals surface area (Å²) < 4.78 is 0. The molecule has 0 radical (unpaired) electrons. The number of halogens is 1. The molecule has 2 heteroatoms. The van der Waals surface area contributed by atoms with Gasteiger partial charge in [0, 0.05) is 12.7 Å². The van der Waals surface area contributed by atoms with E-state index < -0.39 is 0 Å². The van der Waals surface area contributed by atoms with E-state index in [1.54, 1.807) is 7.05 Å². The van der Waals surface area contributed by atoms with Crippen LogP contribution in [0, 0.1) is 0 Å². The minimum atomic E-state index is 0.0324. The van der Waals surface area contributed by atoms with Crippen LogP contribution < -0.4 is 5.32 Å². The predicted molar refractivity (Wildman–Crippen MR) is 33.5 cm³/mol. The molecule has 0 aromatic carbocycles. The van der Waals surface area contributed by atoms with E-state index in [-0.39, 0.29) is 5.38 Å². The van der Waals surface area contributed by atoms with Crippen molar-refractivity contribution in [2.45, 2.75) is 12.3 Å². The quantitative estimate of drug-likeness (QED) is 0.541. The average molecular weight is 120 g/mol. The lowest BCUT2D eigenvalue weighted by Crippen LogP contribution is -2.11. The van der Waals surface area contributed by atoms with E-state index in [4.69, 9.17) is 11.6 Å². The molecule has 1 atom stereocenters. The summed E-state index contributed by atoms with van der Waals surface area (Å²) in [5.74, 6) is 0. The number of alkyl halides is 1. The zero-order chi connectivity index (χ0) is 5.86. The molecular formula is C5H10ClN. The molecule has 0 bridgehead atoms. The fourth-order valence-corrected chi connectivity index (χ4v) is 0.308. The van der Waals surface area contributed by atoms with E-state index in [1.165, 1.54) is 0 Å². The highest BCUT2D eigenvalue weighted by Crippen LogP contribution is 2.00. The van der Waals surface area contributed by atoms with Gasteiger partial charge >= 0.3 is 0 Å². The normalized spacial score (nSPS) is 13.0. The average Bonchev–Trinajstić information content (AvgIpc) is 1.65. The van der Waals surface area contributed by atoms with Crippen molar-refractivity contribution in [1.82, 2.24) is 5.32 Å². The van der Waals surface area contributed by atoms with Gasteiger partial charge in [0.05, 0.1) is 5.38 Å². The Morgan fingerprint density at radius 3 is 2.29 bits per heavy atom. The highest BCUT2D eigenvalue weighted by molar-refractivity contribution is 6.21. The van der Waals surface area contributed by atoms with Crippen LogP contribution in [-0.2, 0) is 0 Å². The molecule has 1 nitrogen and oxygen atoms in total. The predicted octanol–water partition coefficient (Wildman–Crippen LogP) is 1.35. The molecule has 0 aliphatic heterocycles. The van der Waals surface area contributed by atoms with E-state index in [1.807, 2.05) is 6.92 Å². The van der Waals surface area contributed by atoms with E-state index in [9.17, 15) is 0 Å². The van der Waals surface area contributed by atoms with Crippen LogP contribution in [-0.4, -0.2) is 12.4 Å². The lowest BCUT2D eigenvalue weighted by atomic mass is 10.4. The molecular weight excluding hydrogens is 110 g/mol. The summed E-state index contributed by atoms with van der Waals surface area (Å²) in [6, 6.07) is 0. The molecule has 0 aromatic heterocycles. The van der Waals surface area contributed by atoms with Crippen molar-refractivity contribution in [2.24, 2.45) is 0 Å². The SMILES string of the molecule is C=C(NC)C(C)Cl. The third kappa shape index (κ3) is 2.52. The Labute approximate surface area is 49.4 Å². The van der Waals surface area contributed by atoms with Gasteiger partial charge in [0.2, 0.25) is 0 Å². The molecule has 7 heavy (non-hydrogen) atoms. The van der Waals surface area contributed by atoms with Crippen LogP contribution in [0.3, 0.4) is 0 Å². The molecule has 0 aliphatic carbocycles. The van der Waals surface area contributed by atoms with Gasteiger partial charge < -0.3 is 5.32 Å². The van der Waals surface area contributed by atoms with E-state index in [2.05, 4.69) is 11.9 Å². The maximum absolute atomic E-state index is 5.57. The zero-order valence-corrected chi connectivity index (χ0v) is 5.42. The van der Waals surface area contributed by atoms with Crippen molar-refractivity contribution < 1.29 is 0 Å². The molecule has 0 saturated carbocycles. The van der Waals surface area contributed by atoms with Crippen LogP contribution >= 0.6 is 11.6 Å². The molecule has 0 aromatic rings. The Hall–Kier alpha value is -0.170. The molecule has 0 heterocycles. The first-order valence-corrected chi connectivity index (χ1v) is 2.62. The summed E-state index contributed by atoms with van der Waals surface area (Å²) in [5.41, 5.74) is 0.863. The Kier molecular flexibility index (Phi) is 2.84. The summed E-state index contributed by atoms with van der Waals surface area (Å²) in [6.07, 6.45) is 0. The molecule has 0 aliphatic rings. The van der Waals surface area contributed by atoms with Crippen LogP contribution in [0.4, 0.5) is 0 Å². The molecule has 0 fully saturated rings. The van der Waals surface area contributed by atoms with Crippen LogP contribution in [0.2, 0.25) is 0 Å². The number of allylic oxidation sites excluding steroid dienone is 1. The largest absolute Gasteiger partial charge is 0.391 e.